The predicted octanol–water partition coefficient (Wildman–Crippen LogP) is 0.119. The van der Waals surface area contributed by atoms with Crippen molar-refractivity contribution in [1.29, 1.82) is 5.26 Å². The van der Waals surface area contributed by atoms with Gasteiger partial charge in [0.15, 0.2) is 0 Å². The molecule has 0 spiro atoms. The van der Waals surface area contributed by atoms with E-state index in [0.29, 0.717) is 10.6 Å². The quantitative estimate of drug-likeness (QED) is 0.868. The third-order valence-electron chi connectivity index (χ3n) is 2.61. The molecule has 0 aliphatic carbocycles. The summed E-state index contributed by atoms with van der Waals surface area (Å²) in [7, 11) is 1.34. The average Bonchev–Trinajstić information content (AvgIpc) is 2.86. The number of rotatable bonds is 3. The summed E-state index contributed by atoms with van der Waals surface area (Å²) in [6, 6.07) is 4.76. The van der Waals surface area contributed by atoms with Gasteiger partial charge in [-0.2, -0.15) is 5.26 Å². The van der Waals surface area contributed by atoms with E-state index >= 15 is 0 Å². The molecule has 1 amide bonds. The fourth-order valence-electron chi connectivity index (χ4n) is 1.55. The number of hydrogen-bond donors (Lipinski definition) is 1. The van der Waals surface area contributed by atoms with Crippen molar-refractivity contribution in [1.82, 2.24) is 9.13 Å². The van der Waals surface area contributed by atoms with Gasteiger partial charge in [-0.3, -0.25) is 18.7 Å². The molecule has 0 aromatic carbocycles. The van der Waals surface area contributed by atoms with E-state index in [2.05, 4.69) is 5.32 Å². The first kappa shape index (κ1) is 13.8. The van der Waals surface area contributed by atoms with Gasteiger partial charge in [0.25, 0.3) is 5.56 Å². The number of nitrogens with zero attached hydrogens (tertiary/aromatic N) is 3. The zero-order valence-corrected chi connectivity index (χ0v) is 11.3. The van der Waals surface area contributed by atoms with Crippen molar-refractivity contribution in [2.75, 3.05) is 5.32 Å². The third kappa shape index (κ3) is 2.67. The van der Waals surface area contributed by atoms with Gasteiger partial charge in [0.1, 0.15) is 17.6 Å². The lowest BCUT2D eigenvalue weighted by Crippen LogP contribution is -2.38. The number of carbonyl (C=O) groups excluding carboxylic acids is 1. The summed E-state index contributed by atoms with van der Waals surface area (Å²) in [4.78, 5) is 34.8. The highest BCUT2D eigenvalue weighted by molar-refractivity contribution is 7.14. The molecule has 20 heavy (non-hydrogen) atoms. The standard InChI is InChI=1S/C12H10N4O3S/c1-15-10(18)2-4-16(12(15)19)7-9(17)14-11-8(6-13)3-5-20-11/h2-5H,7H2,1H3,(H,14,17). The highest BCUT2D eigenvalue weighted by atomic mass is 32.1. The molecule has 2 aromatic heterocycles. The van der Waals surface area contributed by atoms with Gasteiger partial charge in [-0.15, -0.1) is 11.3 Å². The molecule has 102 valence electrons. The molecule has 0 fully saturated rings. The van der Waals surface area contributed by atoms with Gasteiger partial charge >= 0.3 is 5.69 Å². The molecule has 2 aromatic rings. The Labute approximate surface area is 117 Å². The molecule has 8 heteroatoms. The Hall–Kier alpha value is -2.66. The summed E-state index contributed by atoms with van der Waals surface area (Å²) in [6.45, 7) is -0.226. The van der Waals surface area contributed by atoms with Crippen molar-refractivity contribution in [2.24, 2.45) is 7.05 Å². The molecule has 0 radical (unpaired) electrons. The third-order valence-corrected chi connectivity index (χ3v) is 3.44. The second kappa shape index (κ2) is 5.54. The smallest absolute Gasteiger partial charge is 0.315 e. The van der Waals surface area contributed by atoms with E-state index in [1.54, 1.807) is 11.4 Å². The summed E-state index contributed by atoms with van der Waals surface area (Å²) in [5.41, 5.74) is -0.632. The number of hydrogen-bond acceptors (Lipinski definition) is 5. The lowest BCUT2D eigenvalue weighted by molar-refractivity contribution is -0.116. The van der Waals surface area contributed by atoms with Gasteiger partial charge in [0.2, 0.25) is 5.91 Å². The lowest BCUT2D eigenvalue weighted by atomic mass is 10.3. The van der Waals surface area contributed by atoms with E-state index in [1.165, 1.54) is 30.6 Å². The largest absolute Gasteiger partial charge is 0.331 e. The molecule has 0 aliphatic heterocycles. The van der Waals surface area contributed by atoms with Crippen LogP contribution in [-0.2, 0) is 18.4 Å². The van der Waals surface area contributed by atoms with E-state index in [-0.39, 0.29) is 6.54 Å². The Morgan fingerprint density at radius 2 is 2.20 bits per heavy atom. The number of carbonyl (C=O) groups is 1. The number of aromatic nitrogens is 2. The normalized spacial score (nSPS) is 10.0. The van der Waals surface area contributed by atoms with Crippen molar-refractivity contribution in [3.8, 4) is 6.07 Å². The van der Waals surface area contributed by atoms with E-state index in [4.69, 9.17) is 5.26 Å². The molecule has 0 unspecified atom stereocenters. The fourth-order valence-corrected chi connectivity index (χ4v) is 2.31. The molecule has 0 saturated carbocycles. The Morgan fingerprint density at radius 1 is 1.45 bits per heavy atom. The highest BCUT2D eigenvalue weighted by Gasteiger charge is 2.10. The van der Waals surface area contributed by atoms with Crippen LogP contribution in [0.15, 0.2) is 33.3 Å². The van der Waals surface area contributed by atoms with Crippen molar-refractivity contribution in [3.63, 3.8) is 0 Å². The Morgan fingerprint density at radius 3 is 2.90 bits per heavy atom. The maximum atomic E-state index is 11.8. The van der Waals surface area contributed by atoms with E-state index in [0.717, 1.165) is 9.13 Å². The van der Waals surface area contributed by atoms with E-state index in [1.807, 2.05) is 6.07 Å². The van der Waals surface area contributed by atoms with Crippen LogP contribution in [0.1, 0.15) is 5.56 Å². The number of anilines is 1. The van der Waals surface area contributed by atoms with Gasteiger partial charge in [0.05, 0.1) is 5.56 Å². The Bertz CT molecular complexity index is 809. The van der Waals surface area contributed by atoms with Crippen LogP contribution >= 0.6 is 11.3 Å². The van der Waals surface area contributed by atoms with Crippen molar-refractivity contribution < 1.29 is 4.79 Å². The number of thiophene rings is 1. The SMILES string of the molecule is Cn1c(=O)ccn(CC(=O)Nc2sccc2C#N)c1=O. The van der Waals surface area contributed by atoms with Crippen LogP contribution < -0.4 is 16.6 Å². The minimum Gasteiger partial charge on any atom is -0.315 e. The average molecular weight is 290 g/mol. The molecule has 7 nitrogen and oxygen atoms in total. The highest BCUT2D eigenvalue weighted by Crippen LogP contribution is 2.21. The minimum atomic E-state index is -0.570. The lowest BCUT2D eigenvalue weighted by Gasteiger charge is -2.07. The molecule has 0 aliphatic rings. The van der Waals surface area contributed by atoms with Gasteiger partial charge in [-0.05, 0) is 11.4 Å². The van der Waals surface area contributed by atoms with Gasteiger partial charge in [0, 0.05) is 19.3 Å². The van der Waals surface area contributed by atoms with Crippen LogP contribution in [-0.4, -0.2) is 15.0 Å². The number of nitriles is 1. The summed E-state index contributed by atoms with van der Waals surface area (Å²) >= 11 is 1.23. The van der Waals surface area contributed by atoms with Crippen LogP contribution in [0.5, 0.6) is 0 Å². The van der Waals surface area contributed by atoms with Crippen LogP contribution in [0.25, 0.3) is 0 Å². The molecular weight excluding hydrogens is 280 g/mol. The van der Waals surface area contributed by atoms with Crippen LogP contribution in [0.3, 0.4) is 0 Å². The molecule has 2 heterocycles. The van der Waals surface area contributed by atoms with Crippen molar-refractivity contribution in [3.05, 3.63) is 50.1 Å². The minimum absolute atomic E-state index is 0.226. The van der Waals surface area contributed by atoms with Gasteiger partial charge in [-0.1, -0.05) is 0 Å². The summed E-state index contributed by atoms with van der Waals surface area (Å²) in [5, 5.41) is 13.5. The van der Waals surface area contributed by atoms with Crippen LogP contribution in [0.2, 0.25) is 0 Å². The molecule has 0 saturated heterocycles. The maximum absolute atomic E-state index is 11.8. The van der Waals surface area contributed by atoms with E-state index < -0.39 is 17.2 Å². The van der Waals surface area contributed by atoms with Crippen molar-refractivity contribution >= 4 is 22.2 Å². The van der Waals surface area contributed by atoms with Crippen LogP contribution in [0.4, 0.5) is 5.00 Å². The molecular formula is C12H10N4O3S. The van der Waals surface area contributed by atoms with Gasteiger partial charge in [-0.25, -0.2) is 4.79 Å². The Kier molecular flexibility index (Phi) is 3.81. The number of amides is 1. The number of nitrogens with one attached hydrogen (secondary N) is 1. The Balaban J connectivity index is 2.18. The van der Waals surface area contributed by atoms with Crippen molar-refractivity contribution in [2.45, 2.75) is 6.54 Å². The maximum Gasteiger partial charge on any atom is 0.331 e. The monoisotopic (exact) mass is 290 g/mol. The topological polar surface area (TPSA) is 96.9 Å². The van der Waals surface area contributed by atoms with E-state index in [9.17, 15) is 14.4 Å². The first-order valence-electron chi connectivity index (χ1n) is 5.57. The summed E-state index contributed by atoms with van der Waals surface area (Å²) < 4.78 is 2.04. The molecule has 1 N–H and O–H groups in total. The fraction of sp³-hybridized carbons (Fsp3) is 0.167. The van der Waals surface area contributed by atoms with Gasteiger partial charge < -0.3 is 5.32 Å². The molecule has 0 atom stereocenters. The second-order valence-corrected chi connectivity index (χ2v) is 4.86. The summed E-state index contributed by atoms with van der Waals surface area (Å²) in [5.74, 6) is -0.440. The zero-order chi connectivity index (χ0) is 14.7. The molecule has 0 bridgehead atoms. The zero-order valence-electron chi connectivity index (χ0n) is 10.5. The first-order chi connectivity index (χ1) is 9.52. The first-order valence-corrected chi connectivity index (χ1v) is 6.45. The summed E-state index contributed by atoms with van der Waals surface area (Å²) in [6.07, 6.45) is 1.27. The molecule has 2 rings (SSSR count). The predicted molar refractivity (Wildman–Crippen MR) is 73.6 cm³/mol. The van der Waals surface area contributed by atoms with Crippen LogP contribution in [0, 0.1) is 11.3 Å². The second-order valence-electron chi connectivity index (χ2n) is 3.95.